The number of nitro groups is 1. The first-order valence-electron chi connectivity index (χ1n) is 10.4. The molecule has 1 amide bonds. The Bertz CT molecular complexity index is 956. The number of hydrogen-bond donors (Lipinski definition) is 1. The predicted molar refractivity (Wildman–Crippen MR) is 116 cm³/mol. The van der Waals surface area contributed by atoms with E-state index in [1.54, 1.807) is 16.2 Å². The van der Waals surface area contributed by atoms with Crippen molar-refractivity contribution in [3.63, 3.8) is 0 Å². The average Bonchev–Trinajstić information content (AvgIpc) is 3.17. The van der Waals surface area contributed by atoms with Gasteiger partial charge < -0.3 is 10.2 Å². The molecular formula is C21H25F3N4O3S. The summed E-state index contributed by atoms with van der Waals surface area (Å²) in [5.41, 5.74) is -0.448. The molecule has 3 rings (SSSR count). The van der Waals surface area contributed by atoms with Crippen LogP contribution in [0.2, 0.25) is 0 Å². The van der Waals surface area contributed by atoms with E-state index in [1.807, 2.05) is 12.3 Å². The first kappa shape index (κ1) is 24.0. The molecule has 1 fully saturated rings. The van der Waals surface area contributed by atoms with Crippen molar-refractivity contribution in [3.8, 4) is 0 Å². The number of halogens is 3. The Morgan fingerprint density at radius 2 is 2.03 bits per heavy atom. The topological polar surface area (TPSA) is 88.4 Å². The predicted octanol–water partition coefficient (Wildman–Crippen LogP) is 4.73. The number of aromatic nitrogens is 1. The number of anilines is 1. The van der Waals surface area contributed by atoms with E-state index in [1.165, 1.54) is 0 Å². The van der Waals surface area contributed by atoms with Crippen LogP contribution >= 0.6 is 11.3 Å². The molecule has 1 aliphatic rings. The number of rotatable bonds is 8. The zero-order chi connectivity index (χ0) is 23.3. The van der Waals surface area contributed by atoms with Gasteiger partial charge in [0.2, 0.25) is 5.91 Å². The molecule has 2 aromatic rings. The third-order valence-electron chi connectivity index (χ3n) is 5.49. The fourth-order valence-corrected chi connectivity index (χ4v) is 4.59. The highest BCUT2D eigenvalue weighted by Gasteiger charge is 2.34. The first-order chi connectivity index (χ1) is 15.1. The highest BCUT2D eigenvalue weighted by Crippen LogP contribution is 2.37. The number of carbonyl (C=O) groups excluding carboxylic acids is 1. The smallest absolute Gasteiger partial charge is 0.366 e. The molecule has 0 radical (unpaired) electrons. The summed E-state index contributed by atoms with van der Waals surface area (Å²) in [7, 11) is 0. The van der Waals surface area contributed by atoms with Crippen molar-refractivity contribution in [1.29, 1.82) is 0 Å². The third-order valence-corrected chi connectivity index (χ3v) is 6.52. The van der Waals surface area contributed by atoms with Gasteiger partial charge in [0.25, 0.3) is 5.69 Å². The van der Waals surface area contributed by atoms with Gasteiger partial charge >= 0.3 is 6.18 Å². The van der Waals surface area contributed by atoms with Crippen molar-refractivity contribution in [2.45, 2.75) is 45.2 Å². The maximum atomic E-state index is 12.9. The van der Waals surface area contributed by atoms with Crippen molar-refractivity contribution in [2.24, 2.45) is 5.92 Å². The molecule has 2 heterocycles. The maximum absolute atomic E-state index is 12.9. The minimum Gasteiger partial charge on any atom is -0.366 e. The van der Waals surface area contributed by atoms with Gasteiger partial charge in [0, 0.05) is 42.7 Å². The average molecular weight is 471 g/mol. The summed E-state index contributed by atoms with van der Waals surface area (Å²) in [5, 5.41) is 17.4. The lowest BCUT2D eigenvalue weighted by Crippen LogP contribution is -2.41. The number of aryl methyl sites for hydroxylation is 2. The second-order valence-electron chi connectivity index (χ2n) is 7.85. The molecule has 1 N–H and O–H groups in total. The van der Waals surface area contributed by atoms with Crippen LogP contribution in [0.15, 0.2) is 23.6 Å². The first-order valence-corrected chi connectivity index (χ1v) is 11.3. The van der Waals surface area contributed by atoms with Crippen LogP contribution in [0.25, 0.3) is 0 Å². The van der Waals surface area contributed by atoms with E-state index in [0.29, 0.717) is 38.5 Å². The quantitative estimate of drug-likeness (QED) is 0.342. The van der Waals surface area contributed by atoms with Gasteiger partial charge in [0.1, 0.15) is 5.69 Å². The van der Waals surface area contributed by atoms with E-state index in [4.69, 9.17) is 0 Å². The Hall–Kier alpha value is -2.69. The number of hydrogen-bond acceptors (Lipinski definition) is 6. The third kappa shape index (κ3) is 6.18. The number of benzene rings is 1. The van der Waals surface area contributed by atoms with Crippen LogP contribution in [0.3, 0.4) is 0 Å². The zero-order valence-electron chi connectivity index (χ0n) is 17.7. The molecule has 0 aliphatic carbocycles. The van der Waals surface area contributed by atoms with E-state index < -0.39 is 22.4 Å². The molecule has 0 bridgehead atoms. The van der Waals surface area contributed by atoms with Crippen molar-refractivity contribution in [3.05, 3.63) is 50.0 Å². The summed E-state index contributed by atoms with van der Waals surface area (Å²) in [6.07, 6.45) is -0.999. The van der Waals surface area contributed by atoms with Gasteiger partial charge in [-0.2, -0.15) is 13.2 Å². The number of unbranched alkanes of at least 4 members (excludes halogenated alkanes) is 1. The zero-order valence-corrected chi connectivity index (χ0v) is 18.5. The molecular weight excluding hydrogens is 445 g/mol. The van der Waals surface area contributed by atoms with Crippen LogP contribution in [0.5, 0.6) is 0 Å². The van der Waals surface area contributed by atoms with Gasteiger partial charge in [0.15, 0.2) is 0 Å². The standard InChI is InChI=1S/C21H25F3N4O3S/c1-14-13-32-19(26-14)4-2-3-9-25-20(29)15-7-10-27(11-8-15)17-6-5-16(21(22,23)24)12-18(17)28(30)31/h5-6,12-13,15H,2-4,7-11H2,1H3,(H,25,29). The van der Waals surface area contributed by atoms with Gasteiger partial charge in [0.05, 0.1) is 15.5 Å². The summed E-state index contributed by atoms with van der Waals surface area (Å²) in [5.74, 6) is -0.252. The number of thiazole rings is 1. The van der Waals surface area contributed by atoms with Crippen LogP contribution in [-0.2, 0) is 17.4 Å². The Labute approximate surface area is 187 Å². The Kier molecular flexibility index (Phi) is 7.70. The van der Waals surface area contributed by atoms with Crippen LogP contribution in [0, 0.1) is 23.0 Å². The molecule has 11 heteroatoms. The highest BCUT2D eigenvalue weighted by molar-refractivity contribution is 7.09. The number of nitro benzene ring substituents is 1. The van der Waals surface area contributed by atoms with Crippen molar-refractivity contribution in [2.75, 3.05) is 24.5 Å². The number of carbonyl (C=O) groups is 1. The second-order valence-corrected chi connectivity index (χ2v) is 8.79. The van der Waals surface area contributed by atoms with Gasteiger partial charge in [-0.05, 0) is 51.2 Å². The van der Waals surface area contributed by atoms with Crippen molar-refractivity contribution < 1.29 is 22.9 Å². The van der Waals surface area contributed by atoms with Gasteiger partial charge in [-0.3, -0.25) is 14.9 Å². The normalized spacial score (nSPS) is 15.1. The molecule has 0 spiro atoms. The monoisotopic (exact) mass is 470 g/mol. The molecule has 1 saturated heterocycles. The molecule has 174 valence electrons. The summed E-state index contributed by atoms with van der Waals surface area (Å²) in [6.45, 7) is 3.27. The molecule has 1 aliphatic heterocycles. The fourth-order valence-electron chi connectivity index (χ4n) is 3.77. The summed E-state index contributed by atoms with van der Waals surface area (Å²) in [4.78, 5) is 29.1. The van der Waals surface area contributed by atoms with E-state index in [9.17, 15) is 28.1 Å². The van der Waals surface area contributed by atoms with Crippen molar-refractivity contribution >= 4 is 28.6 Å². The highest BCUT2D eigenvalue weighted by atomic mass is 32.1. The molecule has 32 heavy (non-hydrogen) atoms. The van der Waals surface area contributed by atoms with Gasteiger partial charge in [-0.1, -0.05) is 0 Å². The molecule has 0 unspecified atom stereocenters. The van der Waals surface area contributed by atoms with Crippen LogP contribution in [0.1, 0.15) is 41.9 Å². The molecule has 1 aromatic heterocycles. The Morgan fingerprint density at radius 3 is 2.62 bits per heavy atom. The van der Waals surface area contributed by atoms with E-state index in [2.05, 4.69) is 10.3 Å². The van der Waals surface area contributed by atoms with Crippen LogP contribution in [-0.4, -0.2) is 35.4 Å². The minimum absolute atomic E-state index is 0.0448. The lowest BCUT2D eigenvalue weighted by Gasteiger charge is -2.32. The molecule has 0 saturated carbocycles. The molecule has 7 nitrogen and oxygen atoms in total. The maximum Gasteiger partial charge on any atom is 0.416 e. The lowest BCUT2D eigenvalue weighted by atomic mass is 9.95. The minimum atomic E-state index is -4.65. The Balaban J connectivity index is 1.47. The van der Waals surface area contributed by atoms with E-state index >= 15 is 0 Å². The lowest BCUT2D eigenvalue weighted by molar-refractivity contribution is -0.384. The fraction of sp³-hybridized carbons (Fsp3) is 0.524. The number of nitrogens with one attached hydrogen (secondary N) is 1. The largest absolute Gasteiger partial charge is 0.416 e. The SMILES string of the molecule is Cc1csc(CCCCNC(=O)C2CCN(c3ccc(C(F)(F)F)cc3[N+](=O)[O-])CC2)n1. The van der Waals surface area contributed by atoms with Crippen LogP contribution in [0.4, 0.5) is 24.5 Å². The van der Waals surface area contributed by atoms with E-state index in [0.717, 1.165) is 42.1 Å². The number of nitrogens with zero attached hydrogens (tertiary/aromatic N) is 3. The van der Waals surface area contributed by atoms with E-state index in [-0.39, 0.29) is 17.5 Å². The molecule has 1 aromatic carbocycles. The van der Waals surface area contributed by atoms with Crippen molar-refractivity contribution in [1.82, 2.24) is 10.3 Å². The number of piperidine rings is 1. The summed E-state index contributed by atoms with van der Waals surface area (Å²) >= 11 is 1.64. The Morgan fingerprint density at radius 1 is 1.31 bits per heavy atom. The number of alkyl halides is 3. The number of amides is 1. The van der Waals surface area contributed by atoms with Gasteiger partial charge in [-0.25, -0.2) is 4.98 Å². The molecule has 0 atom stereocenters. The summed E-state index contributed by atoms with van der Waals surface area (Å²) < 4.78 is 38.7. The van der Waals surface area contributed by atoms with Gasteiger partial charge in [-0.15, -0.1) is 11.3 Å². The van der Waals surface area contributed by atoms with Crippen LogP contribution < -0.4 is 10.2 Å². The summed E-state index contributed by atoms with van der Waals surface area (Å²) in [6, 6.07) is 2.57. The second kappa shape index (κ2) is 10.3.